The van der Waals surface area contributed by atoms with Crippen molar-refractivity contribution in [1.82, 2.24) is 10.0 Å². The molecule has 6 rings (SSSR count). The standard InChI is InChI=1S/C27H20Cl2N6O3/c28-18-11-12-21(19(29)13-18)34-26(37)24-25(27(34)38)33(32-30-24)15-23(36)35-22(17-9-5-2-6-10-17)14-20(31-35)16-7-3-1-4-8-16/h1-13,22,24-25H,14-15H2/t22-,24+,25-/m0/s1. The fourth-order valence-electron chi connectivity index (χ4n) is 4.95. The smallest absolute Gasteiger partial charge is 0.264 e. The van der Waals surface area contributed by atoms with E-state index >= 15 is 0 Å². The van der Waals surface area contributed by atoms with E-state index in [9.17, 15) is 14.4 Å². The van der Waals surface area contributed by atoms with Gasteiger partial charge in [-0.05, 0) is 29.3 Å². The number of amides is 3. The molecule has 3 aliphatic heterocycles. The molecule has 11 heteroatoms. The molecule has 0 saturated carbocycles. The number of rotatable bonds is 5. The summed E-state index contributed by atoms with van der Waals surface area (Å²) in [6.45, 7) is -0.277. The van der Waals surface area contributed by atoms with E-state index in [4.69, 9.17) is 23.2 Å². The van der Waals surface area contributed by atoms with Crippen LogP contribution in [0.2, 0.25) is 10.0 Å². The molecule has 0 bridgehead atoms. The largest absolute Gasteiger partial charge is 0.271 e. The quantitative estimate of drug-likeness (QED) is 0.434. The summed E-state index contributed by atoms with van der Waals surface area (Å²) in [6, 6.07) is 21.4. The Bertz CT molecular complexity index is 1500. The average molecular weight is 547 g/mol. The summed E-state index contributed by atoms with van der Waals surface area (Å²) < 4.78 is 0. The SMILES string of the molecule is O=C1[C@@H]2[C@@H](N=NN2CC(=O)N2N=C(c3ccccc3)C[C@H]2c2ccccc2)C(=O)N1c1ccc(Cl)cc1Cl. The van der Waals surface area contributed by atoms with Crippen molar-refractivity contribution in [3.8, 4) is 0 Å². The third-order valence-electron chi connectivity index (χ3n) is 6.76. The predicted molar refractivity (Wildman–Crippen MR) is 142 cm³/mol. The fraction of sp³-hybridized carbons (Fsp3) is 0.185. The molecule has 38 heavy (non-hydrogen) atoms. The third kappa shape index (κ3) is 4.13. The zero-order valence-electron chi connectivity index (χ0n) is 19.8. The van der Waals surface area contributed by atoms with Crippen molar-refractivity contribution in [3.05, 3.63) is 100 Å². The lowest BCUT2D eigenvalue weighted by molar-refractivity contribution is -0.135. The third-order valence-corrected chi connectivity index (χ3v) is 7.30. The first kappa shape index (κ1) is 24.3. The Morgan fingerprint density at radius 3 is 2.34 bits per heavy atom. The molecule has 1 fully saturated rings. The fourth-order valence-corrected chi connectivity index (χ4v) is 5.44. The van der Waals surface area contributed by atoms with Crippen molar-refractivity contribution in [1.29, 1.82) is 0 Å². The number of hydrazone groups is 1. The van der Waals surface area contributed by atoms with E-state index in [-0.39, 0.29) is 29.2 Å². The first-order valence-electron chi connectivity index (χ1n) is 11.9. The summed E-state index contributed by atoms with van der Waals surface area (Å²) in [5.74, 6) is -1.49. The molecular weight excluding hydrogens is 527 g/mol. The average Bonchev–Trinajstić information content (AvgIpc) is 3.61. The summed E-state index contributed by atoms with van der Waals surface area (Å²) in [6.07, 6.45) is 0.535. The lowest BCUT2D eigenvalue weighted by Crippen LogP contribution is -2.44. The number of carbonyl (C=O) groups is 3. The van der Waals surface area contributed by atoms with Gasteiger partial charge < -0.3 is 0 Å². The molecule has 3 aromatic rings. The van der Waals surface area contributed by atoms with Gasteiger partial charge in [0, 0.05) is 11.4 Å². The van der Waals surface area contributed by atoms with Gasteiger partial charge in [0.2, 0.25) is 0 Å². The maximum atomic E-state index is 13.6. The van der Waals surface area contributed by atoms with Gasteiger partial charge in [-0.1, -0.05) is 89.1 Å². The molecule has 0 spiro atoms. The molecule has 3 heterocycles. The minimum atomic E-state index is -1.06. The molecule has 3 atom stereocenters. The van der Waals surface area contributed by atoms with Crippen LogP contribution in [0.25, 0.3) is 0 Å². The van der Waals surface area contributed by atoms with Crippen LogP contribution in [0.4, 0.5) is 5.69 Å². The van der Waals surface area contributed by atoms with Crippen LogP contribution in [0.15, 0.2) is 94.3 Å². The first-order chi connectivity index (χ1) is 18.4. The molecule has 190 valence electrons. The Hall–Kier alpha value is -4.08. The number of fused-ring (bicyclic) bond motifs is 1. The van der Waals surface area contributed by atoms with E-state index in [1.54, 1.807) is 6.07 Å². The maximum Gasteiger partial charge on any atom is 0.264 e. The van der Waals surface area contributed by atoms with Gasteiger partial charge in [-0.25, -0.2) is 9.91 Å². The highest BCUT2D eigenvalue weighted by molar-refractivity contribution is 6.38. The molecule has 1 saturated heterocycles. The van der Waals surface area contributed by atoms with Gasteiger partial charge in [0.1, 0.15) is 6.54 Å². The number of hydrogen-bond donors (Lipinski definition) is 0. The molecule has 3 amide bonds. The summed E-state index contributed by atoms with van der Waals surface area (Å²) in [4.78, 5) is 41.0. The van der Waals surface area contributed by atoms with E-state index < -0.39 is 23.9 Å². The molecule has 0 N–H and O–H groups in total. The summed E-state index contributed by atoms with van der Waals surface area (Å²) in [7, 11) is 0. The van der Waals surface area contributed by atoms with Crippen molar-refractivity contribution >= 4 is 52.3 Å². The Morgan fingerprint density at radius 1 is 0.921 bits per heavy atom. The van der Waals surface area contributed by atoms with Gasteiger partial charge in [0.05, 0.1) is 22.5 Å². The summed E-state index contributed by atoms with van der Waals surface area (Å²) in [5.41, 5.74) is 2.86. The van der Waals surface area contributed by atoms with Gasteiger partial charge in [0.25, 0.3) is 17.7 Å². The first-order valence-corrected chi connectivity index (χ1v) is 12.7. The minimum absolute atomic E-state index is 0.157. The van der Waals surface area contributed by atoms with Crippen LogP contribution in [0.1, 0.15) is 23.6 Å². The van der Waals surface area contributed by atoms with Crippen LogP contribution in [0, 0.1) is 0 Å². The molecule has 3 aliphatic rings. The van der Waals surface area contributed by atoms with Crippen molar-refractivity contribution in [2.45, 2.75) is 24.5 Å². The van der Waals surface area contributed by atoms with Gasteiger partial charge in [-0.2, -0.15) is 10.2 Å². The van der Waals surface area contributed by atoms with Gasteiger partial charge in [0.15, 0.2) is 12.1 Å². The topological polar surface area (TPSA) is 98.0 Å². The number of benzene rings is 3. The molecule has 0 unspecified atom stereocenters. The second kappa shape index (κ2) is 9.66. The zero-order chi connectivity index (χ0) is 26.4. The van der Waals surface area contributed by atoms with E-state index in [1.807, 2.05) is 60.7 Å². The monoisotopic (exact) mass is 546 g/mol. The molecular formula is C27H20Cl2N6O3. The minimum Gasteiger partial charge on any atom is -0.271 e. The lowest BCUT2D eigenvalue weighted by atomic mass is 9.98. The highest BCUT2D eigenvalue weighted by Crippen LogP contribution is 2.37. The van der Waals surface area contributed by atoms with Crippen LogP contribution in [-0.4, -0.2) is 52.1 Å². The zero-order valence-corrected chi connectivity index (χ0v) is 21.3. The predicted octanol–water partition coefficient (Wildman–Crippen LogP) is 4.66. The molecule has 0 radical (unpaired) electrons. The molecule has 9 nitrogen and oxygen atoms in total. The molecule has 0 aliphatic carbocycles. The van der Waals surface area contributed by atoms with E-state index in [0.29, 0.717) is 11.4 Å². The van der Waals surface area contributed by atoms with Crippen LogP contribution >= 0.6 is 23.2 Å². The Morgan fingerprint density at radius 2 is 1.63 bits per heavy atom. The van der Waals surface area contributed by atoms with Crippen LogP contribution in [0.5, 0.6) is 0 Å². The van der Waals surface area contributed by atoms with Crippen molar-refractivity contribution in [2.24, 2.45) is 15.4 Å². The number of halogens is 2. The van der Waals surface area contributed by atoms with Gasteiger partial charge >= 0.3 is 0 Å². The molecule has 3 aromatic carbocycles. The van der Waals surface area contributed by atoms with Gasteiger partial charge in [-0.15, -0.1) is 0 Å². The Balaban J connectivity index is 1.26. The molecule has 0 aromatic heterocycles. The second-order valence-corrected chi connectivity index (χ2v) is 9.93. The van der Waals surface area contributed by atoms with E-state index in [2.05, 4.69) is 15.4 Å². The van der Waals surface area contributed by atoms with Crippen molar-refractivity contribution in [2.75, 3.05) is 11.4 Å². The lowest BCUT2D eigenvalue weighted by Gasteiger charge is -2.25. The van der Waals surface area contributed by atoms with Crippen LogP contribution < -0.4 is 4.90 Å². The highest BCUT2D eigenvalue weighted by Gasteiger charge is 2.55. The second-order valence-electron chi connectivity index (χ2n) is 9.08. The van der Waals surface area contributed by atoms with Gasteiger partial charge in [-0.3, -0.25) is 19.4 Å². The maximum absolute atomic E-state index is 13.6. The Labute approximate surface area is 227 Å². The summed E-state index contributed by atoms with van der Waals surface area (Å²) >= 11 is 12.2. The number of nitrogens with zero attached hydrogens (tertiary/aromatic N) is 6. The normalized spacial score (nSPS) is 22.3. The van der Waals surface area contributed by atoms with Crippen molar-refractivity contribution < 1.29 is 14.4 Å². The summed E-state index contributed by atoms with van der Waals surface area (Å²) in [5, 5.41) is 15.9. The van der Waals surface area contributed by atoms with E-state index in [0.717, 1.165) is 21.7 Å². The van der Waals surface area contributed by atoms with E-state index in [1.165, 1.54) is 22.2 Å². The number of anilines is 1. The number of imide groups is 1. The van der Waals surface area contributed by atoms with Crippen LogP contribution in [0.3, 0.4) is 0 Å². The Kier molecular flexibility index (Phi) is 6.17. The highest BCUT2D eigenvalue weighted by atomic mass is 35.5. The number of carbonyl (C=O) groups excluding carboxylic acids is 3. The van der Waals surface area contributed by atoms with Crippen molar-refractivity contribution in [3.63, 3.8) is 0 Å². The number of hydrogen-bond acceptors (Lipinski definition) is 7. The van der Waals surface area contributed by atoms with Crippen LogP contribution in [-0.2, 0) is 14.4 Å².